The number of hydrogen-bond donors (Lipinski definition) is 1. The molecule has 5 nitrogen and oxygen atoms in total. The van der Waals surface area contributed by atoms with Gasteiger partial charge >= 0.3 is 0 Å². The van der Waals surface area contributed by atoms with Crippen LogP contribution in [0.5, 0.6) is 0 Å². The number of methoxy groups -OCH3 is 1. The number of nitrogens with one attached hydrogen (secondary N) is 1. The van der Waals surface area contributed by atoms with E-state index in [4.69, 9.17) is 16.3 Å². The molecule has 0 bridgehead atoms. The zero-order valence-electron chi connectivity index (χ0n) is 12.1. The second-order valence-corrected chi connectivity index (χ2v) is 5.05. The number of nitrogens with zero attached hydrogens (tertiary/aromatic N) is 2. The highest BCUT2D eigenvalue weighted by molar-refractivity contribution is 6.30. The molecule has 1 heterocycles. The van der Waals surface area contributed by atoms with Gasteiger partial charge in [-0.3, -0.25) is 4.79 Å². The third-order valence-electron chi connectivity index (χ3n) is 3.06. The van der Waals surface area contributed by atoms with Crippen molar-refractivity contribution in [1.29, 1.82) is 0 Å². The molecule has 112 valence electrons. The van der Waals surface area contributed by atoms with Gasteiger partial charge in [0.1, 0.15) is 0 Å². The van der Waals surface area contributed by atoms with Gasteiger partial charge in [0, 0.05) is 29.8 Å². The van der Waals surface area contributed by atoms with Crippen molar-refractivity contribution in [3.8, 4) is 11.3 Å². The van der Waals surface area contributed by atoms with Crippen LogP contribution in [-0.2, 0) is 17.8 Å². The van der Waals surface area contributed by atoms with Gasteiger partial charge in [-0.2, -0.15) is 5.10 Å². The zero-order chi connectivity index (χ0) is 15.2. The fourth-order valence-electron chi connectivity index (χ4n) is 2.00. The average Bonchev–Trinajstić information content (AvgIpc) is 2.49. The lowest BCUT2D eigenvalue weighted by molar-refractivity contribution is 0.182. The second-order valence-electron chi connectivity index (χ2n) is 4.61. The summed E-state index contributed by atoms with van der Waals surface area (Å²) in [7, 11) is 3.41. The Labute approximate surface area is 128 Å². The predicted molar refractivity (Wildman–Crippen MR) is 83.6 cm³/mol. The van der Waals surface area contributed by atoms with E-state index < -0.39 is 0 Å². The number of rotatable bonds is 6. The molecule has 2 aromatic rings. The number of ether oxygens (including phenoxy) is 1. The van der Waals surface area contributed by atoms with Crippen molar-refractivity contribution in [1.82, 2.24) is 15.1 Å². The van der Waals surface area contributed by atoms with Gasteiger partial charge in [0.25, 0.3) is 5.56 Å². The zero-order valence-corrected chi connectivity index (χ0v) is 12.9. The van der Waals surface area contributed by atoms with Crippen molar-refractivity contribution < 1.29 is 4.74 Å². The number of aromatic nitrogens is 2. The Morgan fingerprint density at radius 2 is 2.05 bits per heavy atom. The monoisotopic (exact) mass is 307 g/mol. The minimum absolute atomic E-state index is 0.0980. The van der Waals surface area contributed by atoms with Gasteiger partial charge in [0.2, 0.25) is 0 Å². The predicted octanol–water partition coefficient (Wildman–Crippen LogP) is 1.93. The molecule has 0 saturated heterocycles. The molecule has 21 heavy (non-hydrogen) atoms. The molecule has 0 fully saturated rings. The summed E-state index contributed by atoms with van der Waals surface area (Å²) < 4.78 is 6.47. The fraction of sp³-hybridized carbons (Fsp3) is 0.333. The first kappa shape index (κ1) is 15.7. The number of benzene rings is 1. The van der Waals surface area contributed by atoms with E-state index >= 15 is 0 Å². The molecule has 0 saturated carbocycles. The Morgan fingerprint density at radius 3 is 2.67 bits per heavy atom. The molecule has 1 aromatic heterocycles. The lowest BCUT2D eigenvalue weighted by atomic mass is 10.1. The quantitative estimate of drug-likeness (QED) is 0.886. The first-order chi connectivity index (χ1) is 10.2. The first-order valence-corrected chi connectivity index (χ1v) is 7.04. The van der Waals surface area contributed by atoms with Crippen LogP contribution in [0.4, 0.5) is 0 Å². The van der Waals surface area contributed by atoms with Gasteiger partial charge in [-0.15, -0.1) is 0 Å². The largest absolute Gasteiger partial charge is 0.383 e. The topological polar surface area (TPSA) is 56.1 Å². The fourth-order valence-corrected chi connectivity index (χ4v) is 2.13. The normalized spacial score (nSPS) is 10.8. The molecule has 1 aromatic carbocycles. The summed E-state index contributed by atoms with van der Waals surface area (Å²) in [5, 5.41) is 8.08. The van der Waals surface area contributed by atoms with E-state index in [-0.39, 0.29) is 5.56 Å². The van der Waals surface area contributed by atoms with Crippen LogP contribution < -0.4 is 10.9 Å². The van der Waals surface area contributed by atoms with Crippen LogP contribution in [0.2, 0.25) is 5.02 Å². The highest BCUT2D eigenvalue weighted by Crippen LogP contribution is 2.19. The maximum atomic E-state index is 12.3. The average molecular weight is 308 g/mol. The van der Waals surface area contributed by atoms with Gasteiger partial charge in [-0.05, 0) is 25.2 Å². The lowest BCUT2D eigenvalue weighted by Crippen LogP contribution is -2.30. The summed E-state index contributed by atoms with van der Waals surface area (Å²) in [6.07, 6.45) is 0. The van der Waals surface area contributed by atoms with Crippen LogP contribution in [0, 0.1) is 0 Å². The SMILES string of the molecule is CNCc1cc(-c2ccc(Cl)cc2)nn(CCOC)c1=O. The summed E-state index contributed by atoms with van der Waals surface area (Å²) in [6.45, 7) is 1.36. The molecule has 2 rings (SSSR count). The lowest BCUT2D eigenvalue weighted by Gasteiger charge is -2.10. The maximum absolute atomic E-state index is 12.3. The first-order valence-electron chi connectivity index (χ1n) is 6.66. The van der Waals surface area contributed by atoms with E-state index in [0.717, 1.165) is 11.3 Å². The molecule has 0 amide bonds. The van der Waals surface area contributed by atoms with Crippen molar-refractivity contribution >= 4 is 11.6 Å². The summed E-state index contributed by atoms with van der Waals surface area (Å²) >= 11 is 5.90. The van der Waals surface area contributed by atoms with Crippen LogP contribution >= 0.6 is 11.6 Å². The van der Waals surface area contributed by atoms with Gasteiger partial charge in [0.05, 0.1) is 18.8 Å². The van der Waals surface area contributed by atoms with E-state index in [0.29, 0.717) is 30.3 Å². The molecule has 0 aliphatic carbocycles. The molecular formula is C15H18ClN3O2. The second kappa shape index (κ2) is 7.36. The smallest absolute Gasteiger partial charge is 0.271 e. The Kier molecular flexibility index (Phi) is 5.50. The molecule has 0 spiro atoms. The van der Waals surface area contributed by atoms with Crippen LogP contribution in [0.25, 0.3) is 11.3 Å². The minimum Gasteiger partial charge on any atom is -0.383 e. The summed E-state index contributed by atoms with van der Waals surface area (Å²) in [5.74, 6) is 0. The molecule has 0 atom stereocenters. The summed E-state index contributed by atoms with van der Waals surface area (Å²) in [4.78, 5) is 12.3. The highest BCUT2D eigenvalue weighted by atomic mass is 35.5. The van der Waals surface area contributed by atoms with Crippen LogP contribution in [0.3, 0.4) is 0 Å². The Hall–Kier alpha value is -1.69. The van der Waals surface area contributed by atoms with Crippen molar-refractivity contribution in [3.05, 3.63) is 51.3 Å². The molecule has 0 unspecified atom stereocenters. The van der Waals surface area contributed by atoms with Crippen molar-refractivity contribution in [2.45, 2.75) is 13.1 Å². The highest BCUT2D eigenvalue weighted by Gasteiger charge is 2.09. The van der Waals surface area contributed by atoms with Crippen molar-refractivity contribution in [2.75, 3.05) is 20.8 Å². The van der Waals surface area contributed by atoms with Crippen LogP contribution in [0.1, 0.15) is 5.56 Å². The number of halogens is 1. The van der Waals surface area contributed by atoms with Gasteiger partial charge < -0.3 is 10.1 Å². The van der Waals surface area contributed by atoms with Crippen LogP contribution in [0.15, 0.2) is 35.1 Å². The van der Waals surface area contributed by atoms with E-state index in [1.54, 1.807) is 26.3 Å². The standard InChI is InChI=1S/C15H18ClN3O2/c1-17-10-12-9-14(11-3-5-13(16)6-4-11)18-19(15(12)20)7-8-21-2/h3-6,9,17H,7-8,10H2,1-2H3. The molecule has 0 radical (unpaired) electrons. The Bertz CT molecular complexity index is 653. The van der Waals surface area contributed by atoms with Gasteiger partial charge in [0.15, 0.2) is 0 Å². The van der Waals surface area contributed by atoms with E-state index in [9.17, 15) is 4.79 Å². The van der Waals surface area contributed by atoms with E-state index in [1.165, 1.54) is 4.68 Å². The molecule has 1 N–H and O–H groups in total. The van der Waals surface area contributed by atoms with Gasteiger partial charge in [-0.25, -0.2) is 4.68 Å². The van der Waals surface area contributed by atoms with Crippen molar-refractivity contribution in [2.24, 2.45) is 0 Å². The van der Waals surface area contributed by atoms with Crippen LogP contribution in [-0.4, -0.2) is 30.5 Å². The third-order valence-corrected chi connectivity index (χ3v) is 3.31. The molecule has 6 heteroatoms. The number of hydrogen-bond acceptors (Lipinski definition) is 4. The maximum Gasteiger partial charge on any atom is 0.271 e. The van der Waals surface area contributed by atoms with Crippen molar-refractivity contribution in [3.63, 3.8) is 0 Å². The summed E-state index contributed by atoms with van der Waals surface area (Å²) in [6, 6.07) is 9.20. The van der Waals surface area contributed by atoms with E-state index in [1.807, 2.05) is 18.2 Å². The Balaban J connectivity index is 2.47. The summed E-state index contributed by atoms with van der Waals surface area (Å²) in [5.41, 5.74) is 2.24. The molecule has 0 aliphatic heterocycles. The van der Waals surface area contributed by atoms with Gasteiger partial charge in [-0.1, -0.05) is 23.7 Å². The minimum atomic E-state index is -0.0980. The van der Waals surface area contributed by atoms with E-state index in [2.05, 4.69) is 10.4 Å². The Morgan fingerprint density at radius 1 is 1.33 bits per heavy atom. The molecular weight excluding hydrogens is 290 g/mol. The third kappa shape index (κ3) is 3.91. The molecule has 0 aliphatic rings.